The number of Topliss-reactive ketones (excluding diaryl/α,β-unsaturated/α-hetero) is 1. The Labute approximate surface area is 186 Å². The molecule has 9 nitrogen and oxygen atoms in total. The third-order valence-corrected chi connectivity index (χ3v) is 5.54. The van der Waals surface area contributed by atoms with Gasteiger partial charge in [0.1, 0.15) is 0 Å². The van der Waals surface area contributed by atoms with Gasteiger partial charge in [-0.1, -0.05) is 28.1 Å². The van der Waals surface area contributed by atoms with Gasteiger partial charge in [-0.25, -0.2) is 4.79 Å². The smallest absolute Gasteiger partial charge is 0.441 e. The maximum Gasteiger partial charge on any atom is 0.441 e. The standard InChI is InChI=1S/C21H19BrN4O5/c1-2-31-21(28)20(24-23)19(27)12-18-17-10-14(22)7-6-13(17)8-9-25(18)15-4-3-5-16(11-15)26(29)30/h3-7,10-11,18H,2,8-9,12H2,1H3. The van der Waals surface area contributed by atoms with Gasteiger partial charge in [0.2, 0.25) is 0 Å². The highest BCUT2D eigenvalue weighted by atomic mass is 79.9. The Hall–Kier alpha value is -3.36. The van der Waals surface area contributed by atoms with E-state index in [9.17, 15) is 25.2 Å². The number of rotatable bonds is 7. The third kappa shape index (κ3) is 4.87. The highest BCUT2D eigenvalue weighted by Crippen LogP contribution is 2.38. The van der Waals surface area contributed by atoms with Crippen LogP contribution < -0.4 is 4.90 Å². The number of ketones is 1. The summed E-state index contributed by atoms with van der Waals surface area (Å²) in [6, 6.07) is 11.4. The van der Waals surface area contributed by atoms with Crippen LogP contribution in [0.2, 0.25) is 0 Å². The molecule has 1 aliphatic heterocycles. The minimum atomic E-state index is -0.998. The Balaban J connectivity index is 2.02. The molecule has 1 atom stereocenters. The number of hydrogen-bond acceptors (Lipinski definition) is 6. The predicted molar refractivity (Wildman–Crippen MR) is 116 cm³/mol. The van der Waals surface area contributed by atoms with Gasteiger partial charge in [-0.15, -0.1) is 0 Å². The van der Waals surface area contributed by atoms with E-state index in [2.05, 4.69) is 20.7 Å². The summed E-state index contributed by atoms with van der Waals surface area (Å²) in [6.07, 6.45) is 0.499. The number of anilines is 1. The van der Waals surface area contributed by atoms with Crippen molar-refractivity contribution in [3.8, 4) is 0 Å². The largest absolute Gasteiger partial charge is 0.457 e. The molecule has 0 radical (unpaired) electrons. The summed E-state index contributed by atoms with van der Waals surface area (Å²) in [5.41, 5.74) is 10.9. The van der Waals surface area contributed by atoms with Crippen LogP contribution in [0.3, 0.4) is 0 Å². The fourth-order valence-corrected chi connectivity index (χ4v) is 4.04. The number of non-ortho nitro benzene ring substituents is 1. The second-order valence-electron chi connectivity index (χ2n) is 6.88. The zero-order valence-corrected chi connectivity index (χ0v) is 18.2. The molecule has 0 N–H and O–H groups in total. The van der Waals surface area contributed by atoms with E-state index < -0.39 is 28.4 Å². The van der Waals surface area contributed by atoms with Crippen molar-refractivity contribution < 1.29 is 24.0 Å². The molecule has 2 aromatic carbocycles. The van der Waals surface area contributed by atoms with Gasteiger partial charge in [-0.3, -0.25) is 14.9 Å². The number of benzene rings is 2. The second-order valence-corrected chi connectivity index (χ2v) is 7.79. The first kappa shape index (κ1) is 22.3. The highest BCUT2D eigenvalue weighted by molar-refractivity contribution is 9.10. The summed E-state index contributed by atoms with van der Waals surface area (Å²) in [7, 11) is 0. The van der Waals surface area contributed by atoms with Crippen molar-refractivity contribution in [3.63, 3.8) is 0 Å². The molecule has 0 fully saturated rings. The van der Waals surface area contributed by atoms with Crippen LogP contribution in [0, 0.1) is 10.1 Å². The summed E-state index contributed by atoms with van der Waals surface area (Å²) in [5, 5.41) is 11.2. The Morgan fingerprint density at radius 3 is 2.77 bits per heavy atom. The van der Waals surface area contributed by atoms with Crippen LogP contribution in [0.1, 0.15) is 30.5 Å². The molecule has 0 spiro atoms. The normalized spacial score (nSPS) is 14.9. The average molecular weight is 487 g/mol. The maximum atomic E-state index is 12.9. The van der Waals surface area contributed by atoms with E-state index in [1.807, 2.05) is 23.1 Å². The van der Waals surface area contributed by atoms with Crippen molar-refractivity contribution in [2.45, 2.75) is 25.8 Å². The molecule has 10 heteroatoms. The van der Waals surface area contributed by atoms with Crippen molar-refractivity contribution in [2.75, 3.05) is 18.1 Å². The fourth-order valence-electron chi connectivity index (χ4n) is 3.66. The molecule has 0 bridgehead atoms. The number of halogens is 1. The first-order valence-electron chi connectivity index (χ1n) is 9.57. The number of carbonyl (C=O) groups is 2. The molecule has 0 saturated carbocycles. The van der Waals surface area contributed by atoms with Crippen LogP contribution in [0.4, 0.5) is 11.4 Å². The van der Waals surface area contributed by atoms with Crippen LogP contribution in [0.15, 0.2) is 46.9 Å². The van der Waals surface area contributed by atoms with Gasteiger partial charge in [0.25, 0.3) is 11.5 Å². The number of esters is 1. The SMILES string of the molecule is CCOC(=O)C(=[N+]=[N-])C(=O)CC1c2cc(Br)ccc2CCN1c1cccc([N+](=O)[O-])c1. The Kier molecular flexibility index (Phi) is 6.94. The molecule has 1 aliphatic rings. The van der Waals surface area contributed by atoms with Gasteiger partial charge in [0.05, 0.1) is 17.6 Å². The van der Waals surface area contributed by atoms with Crippen LogP contribution in [-0.2, 0) is 20.7 Å². The van der Waals surface area contributed by atoms with E-state index in [0.717, 1.165) is 15.6 Å². The summed E-state index contributed by atoms with van der Waals surface area (Å²) in [5.74, 6) is -1.68. The van der Waals surface area contributed by atoms with Crippen LogP contribution in [0.5, 0.6) is 0 Å². The molecule has 31 heavy (non-hydrogen) atoms. The lowest BCUT2D eigenvalue weighted by Crippen LogP contribution is -2.39. The quantitative estimate of drug-likeness (QED) is 0.112. The van der Waals surface area contributed by atoms with Crippen LogP contribution >= 0.6 is 15.9 Å². The van der Waals surface area contributed by atoms with Gasteiger partial charge in [0.15, 0.2) is 0 Å². The summed E-state index contributed by atoms with van der Waals surface area (Å²) >= 11 is 3.45. The molecule has 0 aromatic heterocycles. The van der Waals surface area contributed by atoms with Gasteiger partial charge in [-0.05, 0) is 42.7 Å². The molecule has 3 rings (SSSR count). The van der Waals surface area contributed by atoms with E-state index in [4.69, 9.17) is 4.74 Å². The predicted octanol–water partition coefficient (Wildman–Crippen LogP) is 3.65. The van der Waals surface area contributed by atoms with E-state index in [1.54, 1.807) is 19.1 Å². The molecule has 1 unspecified atom stereocenters. The lowest BCUT2D eigenvalue weighted by Gasteiger charge is -2.38. The van der Waals surface area contributed by atoms with Crippen LogP contribution in [-0.4, -0.2) is 40.3 Å². The monoisotopic (exact) mass is 486 g/mol. The van der Waals surface area contributed by atoms with Crippen LogP contribution in [0.25, 0.3) is 5.53 Å². The van der Waals surface area contributed by atoms with Crippen molar-refractivity contribution in [2.24, 2.45) is 0 Å². The first-order valence-corrected chi connectivity index (χ1v) is 10.4. The minimum absolute atomic E-state index is 0.0319. The van der Waals surface area contributed by atoms with E-state index in [0.29, 0.717) is 18.7 Å². The van der Waals surface area contributed by atoms with Crippen molar-refractivity contribution >= 4 is 44.8 Å². The number of nitro groups is 1. The highest BCUT2D eigenvalue weighted by Gasteiger charge is 2.37. The molecule has 1 heterocycles. The molecular formula is C21H19BrN4O5. The molecule has 0 saturated heterocycles. The number of fused-ring (bicyclic) bond motifs is 1. The van der Waals surface area contributed by atoms with E-state index in [1.165, 1.54) is 12.1 Å². The van der Waals surface area contributed by atoms with Gasteiger partial charge in [-0.2, -0.15) is 4.79 Å². The topological polar surface area (TPSA) is 126 Å². The fraction of sp³-hybridized carbons (Fsp3) is 0.286. The molecule has 160 valence electrons. The molecule has 2 aromatic rings. The number of nitro benzene ring substituents is 1. The lowest BCUT2D eigenvalue weighted by atomic mass is 9.88. The van der Waals surface area contributed by atoms with Gasteiger partial charge >= 0.3 is 11.7 Å². The maximum absolute atomic E-state index is 12.9. The van der Waals surface area contributed by atoms with Gasteiger partial charge < -0.3 is 15.2 Å². The molecular weight excluding hydrogens is 468 g/mol. The Morgan fingerprint density at radius 1 is 1.32 bits per heavy atom. The second kappa shape index (κ2) is 9.63. The number of hydrogen-bond donors (Lipinski definition) is 0. The van der Waals surface area contributed by atoms with Crippen molar-refractivity contribution in [1.29, 1.82) is 0 Å². The summed E-state index contributed by atoms with van der Waals surface area (Å²) < 4.78 is 5.61. The van der Waals surface area contributed by atoms with Gasteiger partial charge in [0, 0.05) is 35.3 Å². The average Bonchev–Trinajstić information content (AvgIpc) is 2.75. The molecule has 0 aliphatic carbocycles. The minimum Gasteiger partial charge on any atom is -0.457 e. The lowest BCUT2D eigenvalue weighted by molar-refractivity contribution is -0.384. The Bertz CT molecular complexity index is 1100. The number of ether oxygens (including phenoxy) is 1. The van der Waals surface area contributed by atoms with E-state index in [-0.39, 0.29) is 18.7 Å². The number of nitrogens with zero attached hydrogens (tertiary/aromatic N) is 4. The summed E-state index contributed by atoms with van der Waals surface area (Å²) in [4.78, 5) is 40.4. The first-order chi connectivity index (χ1) is 14.8. The Morgan fingerprint density at radius 2 is 2.10 bits per heavy atom. The zero-order valence-electron chi connectivity index (χ0n) is 16.7. The summed E-state index contributed by atoms with van der Waals surface area (Å²) in [6.45, 7) is 2.12. The number of carbonyl (C=O) groups excluding carboxylic acids is 2. The van der Waals surface area contributed by atoms with Crippen molar-refractivity contribution in [1.82, 2.24) is 0 Å². The molecule has 0 amide bonds. The van der Waals surface area contributed by atoms with Crippen molar-refractivity contribution in [3.05, 3.63) is 73.7 Å². The van der Waals surface area contributed by atoms with E-state index >= 15 is 0 Å². The zero-order chi connectivity index (χ0) is 22.5. The third-order valence-electron chi connectivity index (χ3n) is 5.05.